The number of aliphatic hydroxyl groups excluding tert-OH is 5. The summed E-state index contributed by atoms with van der Waals surface area (Å²) < 4.78 is 11.4. The molecule has 0 aromatic rings. The first-order chi connectivity index (χ1) is 45.3. The van der Waals surface area contributed by atoms with Gasteiger partial charge >= 0.3 is 0 Å². The summed E-state index contributed by atoms with van der Waals surface area (Å²) in [5.41, 5.74) is 0. The van der Waals surface area contributed by atoms with E-state index >= 15 is 0 Å². The van der Waals surface area contributed by atoms with Crippen molar-refractivity contribution in [1.29, 1.82) is 0 Å². The van der Waals surface area contributed by atoms with Gasteiger partial charge in [-0.1, -0.05) is 374 Å². The van der Waals surface area contributed by atoms with Crippen molar-refractivity contribution in [3.63, 3.8) is 0 Å². The number of carbonyl (C=O) groups excluding carboxylic acids is 1. The van der Waals surface area contributed by atoms with E-state index in [2.05, 4.69) is 129 Å². The summed E-state index contributed by atoms with van der Waals surface area (Å²) in [5, 5.41) is 55.1. The Labute approximate surface area is 567 Å². The molecule has 1 amide bonds. The zero-order valence-electron chi connectivity index (χ0n) is 59.8. The lowest BCUT2D eigenvalue weighted by Crippen LogP contribution is -2.60. The number of rotatable bonds is 68. The fourth-order valence-electron chi connectivity index (χ4n) is 12.1. The fourth-order valence-corrected chi connectivity index (χ4v) is 12.1. The van der Waals surface area contributed by atoms with Gasteiger partial charge in [0, 0.05) is 6.42 Å². The van der Waals surface area contributed by atoms with Crippen LogP contribution < -0.4 is 5.32 Å². The Morgan fingerprint density at radius 2 is 0.674 bits per heavy atom. The van der Waals surface area contributed by atoms with E-state index < -0.39 is 49.5 Å². The molecule has 7 atom stereocenters. The Hall–Kier alpha value is -3.15. The van der Waals surface area contributed by atoms with Gasteiger partial charge in [-0.2, -0.15) is 0 Å². The Morgan fingerprint density at radius 1 is 0.380 bits per heavy atom. The number of hydrogen-bond acceptors (Lipinski definition) is 8. The Balaban J connectivity index is 2.09. The first-order valence-electron chi connectivity index (χ1n) is 39.1. The molecule has 1 rings (SSSR count). The number of amides is 1. The summed E-state index contributed by atoms with van der Waals surface area (Å²) in [6.07, 6.45) is 97.5. The number of hydrogen-bond donors (Lipinski definition) is 6. The van der Waals surface area contributed by atoms with Crippen LogP contribution in [0.25, 0.3) is 0 Å². The van der Waals surface area contributed by atoms with E-state index in [9.17, 15) is 30.3 Å². The van der Waals surface area contributed by atoms with E-state index in [1.807, 2.05) is 0 Å². The Bertz CT molecular complexity index is 1830. The van der Waals surface area contributed by atoms with Crippen molar-refractivity contribution >= 4 is 5.91 Å². The number of allylic oxidation sites excluding steroid dienone is 18. The highest BCUT2D eigenvalue weighted by Crippen LogP contribution is 2.24. The molecule has 7 unspecified atom stereocenters. The molecule has 92 heavy (non-hydrogen) atoms. The molecule has 9 heteroatoms. The van der Waals surface area contributed by atoms with Crippen LogP contribution >= 0.6 is 0 Å². The number of ether oxygens (including phenoxy) is 2. The molecule has 0 saturated carbocycles. The molecule has 1 heterocycles. The summed E-state index contributed by atoms with van der Waals surface area (Å²) in [7, 11) is 0. The van der Waals surface area contributed by atoms with Crippen LogP contribution in [0.1, 0.15) is 354 Å². The van der Waals surface area contributed by atoms with E-state index in [-0.39, 0.29) is 12.5 Å². The van der Waals surface area contributed by atoms with E-state index in [0.717, 1.165) is 96.3 Å². The SMILES string of the molecule is CC/C=C\C/C=C\C/C=C\C/C=C\C/C=C\C/C=C\C/C=C\C/C=C\C/C=C\CCCCCCCCCCCCCCCC(=O)NC(COC1OC(CO)C(O)C(O)C1O)C(O)CCCCCCCCCCCCCCCCCCCCCCCCCCCCCC. The molecule has 0 aromatic heterocycles. The highest BCUT2D eigenvalue weighted by atomic mass is 16.7. The summed E-state index contributed by atoms with van der Waals surface area (Å²) in [5.74, 6) is -0.144. The van der Waals surface area contributed by atoms with Crippen LogP contribution in [0.5, 0.6) is 0 Å². The maximum absolute atomic E-state index is 13.2. The molecule has 9 nitrogen and oxygen atoms in total. The number of aliphatic hydroxyl groups is 5. The quantitative estimate of drug-likeness (QED) is 0.0261. The lowest BCUT2D eigenvalue weighted by Gasteiger charge is -2.40. The molecule has 6 N–H and O–H groups in total. The predicted octanol–water partition coefficient (Wildman–Crippen LogP) is 22.4. The number of nitrogens with one attached hydrogen (secondary N) is 1. The van der Waals surface area contributed by atoms with Crippen molar-refractivity contribution in [1.82, 2.24) is 5.32 Å². The third-order valence-corrected chi connectivity index (χ3v) is 18.1. The summed E-state index contributed by atoms with van der Waals surface area (Å²) in [6, 6.07) is -0.727. The minimum Gasteiger partial charge on any atom is -0.394 e. The van der Waals surface area contributed by atoms with Gasteiger partial charge in [0.2, 0.25) is 5.91 Å². The van der Waals surface area contributed by atoms with Crippen LogP contribution in [0.15, 0.2) is 109 Å². The van der Waals surface area contributed by atoms with Gasteiger partial charge in [-0.05, 0) is 83.5 Å². The number of carbonyl (C=O) groups is 1. The fraction of sp³-hybridized carbons (Fsp3) is 0.771. The molecule has 1 aliphatic rings. The van der Waals surface area contributed by atoms with E-state index in [0.29, 0.717) is 12.8 Å². The predicted molar refractivity (Wildman–Crippen MR) is 396 cm³/mol. The zero-order chi connectivity index (χ0) is 66.4. The van der Waals surface area contributed by atoms with Gasteiger partial charge in [0.15, 0.2) is 6.29 Å². The second-order valence-electron chi connectivity index (χ2n) is 26.8. The standard InChI is InChI=1S/C83H147NO8/c1-3-5-7-9-11-13-15-17-19-21-23-25-27-29-31-33-34-35-36-37-38-39-40-41-42-43-44-45-47-49-51-53-55-57-59-61-63-65-67-69-71-73-79(87)84-76(75-91-83-82(90)81(89)80(88)78(74-85)92-83)77(86)72-70-68-66-64-62-60-58-56-54-52-50-48-46-32-30-28-26-24-22-20-18-16-14-12-10-8-6-4-2/h5,7,11,13,17,19,23,25,29,31,34-35,37-38,40-41,43-44,76-78,80-83,85-86,88-90H,3-4,6,8-10,12,14-16,18,20-22,24,26-28,30,32-33,36,39,42,45-75H2,1-2H3,(H,84,87)/b7-5-,13-11-,19-17-,25-23-,31-29-,35-34-,38-37-,41-40-,44-43-. The summed E-state index contributed by atoms with van der Waals surface area (Å²) in [6.45, 7) is 3.76. The average Bonchev–Trinajstić information content (AvgIpc) is 1.00. The normalized spacial score (nSPS) is 18.3. The largest absolute Gasteiger partial charge is 0.394 e. The lowest BCUT2D eigenvalue weighted by molar-refractivity contribution is -0.302. The molecule has 0 bridgehead atoms. The molecule has 1 saturated heterocycles. The first-order valence-corrected chi connectivity index (χ1v) is 39.1. The molecular weight excluding hydrogens is 1140 g/mol. The summed E-state index contributed by atoms with van der Waals surface area (Å²) >= 11 is 0. The van der Waals surface area contributed by atoms with Gasteiger partial charge in [-0.15, -0.1) is 0 Å². The van der Waals surface area contributed by atoms with Gasteiger partial charge in [0.1, 0.15) is 24.4 Å². The zero-order valence-corrected chi connectivity index (χ0v) is 59.8. The van der Waals surface area contributed by atoms with Crippen LogP contribution in [0.4, 0.5) is 0 Å². The van der Waals surface area contributed by atoms with Gasteiger partial charge in [0.25, 0.3) is 0 Å². The monoisotopic (exact) mass is 1290 g/mol. The van der Waals surface area contributed by atoms with Crippen LogP contribution in [0, 0.1) is 0 Å². The number of unbranched alkanes of at least 4 members (excludes halogenated alkanes) is 40. The highest BCUT2D eigenvalue weighted by Gasteiger charge is 2.44. The molecular formula is C83H147NO8. The van der Waals surface area contributed by atoms with E-state index in [4.69, 9.17) is 9.47 Å². The molecule has 0 aromatic carbocycles. The second-order valence-corrected chi connectivity index (χ2v) is 26.8. The van der Waals surface area contributed by atoms with Gasteiger partial charge in [0.05, 0.1) is 25.4 Å². The van der Waals surface area contributed by atoms with Crippen molar-refractivity contribution < 1.29 is 39.8 Å². The highest BCUT2D eigenvalue weighted by molar-refractivity contribution is 5.76. The minimum atomic E-state index is -1.56. The maximum Gasteiger partial charge on any atom is 0.220 e. The van der Waals surface area contributed by atoms with Crippen LogP contribution in [-0.2, 0) is 14.3 Å². The Kier molecular flexibility index (Phi) is 66.7. The van der Waals surface area contributed by atoms with Crippen LogP contribution in [0.3, 0.4) is 0 Å². The molecule has 1 aliphatic heterocycles. The Morgan fingerprint density at radius 3 is 1.00 bits per heavy atom. The molecule has 0 spiro atoms. The topological polar surface area (TPSA) is 149 Å². The van der Waals surface area contributed by atoms with Crippen molar-refractivity contribution in [3.8, 4) is 0 Å². The first kappa shape index (κ1) is 86.9. The molecule has 0 radical (unpaired) electrons. The third kappa shape index (κ3) is 58.2. The van der Waals surface area contributed by atoms with Crippen molar-refractivity contribution in [2.75, 3.05) is 13.2 Å². The van der Waals surface area contributed by atoms with Gasteiger partial charge in [-0.3, -0.25) is 4.79 Å². The van der Waals surface area contributed by atoms with Crippen molar-refractivity contribution in [2.24, 2.45) is 0 Å². The van der Waals surface area contributed by atoms with Crippen LogP contribution in [0.2, 0.25) is 0 Å². The molecule has 532 valence electrons. The van der Waals surface area contributed by atoms with Crippen molar-refractivity contribution in [3.05, 3.63) is 109 Å². The van der Waals surface area contributed by atoms with Crippen LogP contribution in [-0.4, -0.2) is 87.5 Å². The average molecular weight is 1290 g/mol. The van der Waals surface area contributed by atoms with Crippen molar-refractivity contribution in [2.45, 2.75) is 397 Å². The van der Waals surface area contributed by atoms with Gasteiger partial charge in [-0.25, -0.2) is 0 Å². The van der Waals surface area contributed by atoms with E-state index in [1.54, 1.807) is 0 Å². The summed E-state index contributed by atoms with van der Waals surface area (Å²) in [4.78, 5) is 13.2. The van der Waals surface area contributed by atoms with Gasteiger partial charge < -0.3 is 40.3 Å². The third-order valence-electron chi connectivity index (χ3n) is 18.1. The van der Waals surface area contributed by atoms with E-state index in [1.165, 1.54) is 231 Å². The second kappa shape index (κ2) is 70.6. The lowest BCUT2D eigenvalue weighted by atomic mass is 9.99. The minimum absolute atomic E-state index is 0.140. The molecule has 1 fully saturated rings. The molecule has 0 aliphatic carbocycles. The smallest absolute Gasteiger partial charge is 0.220 e. The maximum atomic E-state index is 13.2.